The van der Waals surface area contributed by atoms with Crippen LogP contribution in [-0.2, 0) is 31.3 Å². The van der Waals surface area contributed by atoms with Crippen LogP contribution < -0.4 is 14.4 Å². The van der Waals surface area contributed by atoms with E-state index in [2.05, 4.69) is 27.8 Å². The fourth-order valence-corrected chi connectivity index (χ4v) is 8.61. The molecule has 2 aromatic rings. The number of fused-ring (bicyclic) bond motifs is 4. The smallest absolute Gasteiger partial charge is 0.264 e. The molecule has 6 rings (SSSR count). The number of amides is 1. The molecule has 0 radical (unpaired) electrons. The van der Waals surface area contributed by atoms with E-state index in [4.69, 9.17) is 25.8 Å². The average molecular weight is 643 g/mol. The number of hydrogen-bond donors (Lipinski definition) is 1. The molecule has 238 valence electrons. The minimum atomic E-state index is -3.86. The summed E-state index contributed by atoms with van der Waals surface area (Å²) in [4.78, 5) is 15.7. The molecular weight excluding hydrogens is 600 g/mol. The predicted octanol–water partition coefficient (Wildman–Crippen LogP) is 5.67. The molecule has 0 saturated heterocycles. The number of carbonyl (C=O) groups excluding carboxylic acids is 1. The van der Waals surface area contributed by atoms with Crippen molar-refractivity contribution in [3.63, 3.8) is 0 Å². The van der Waals surface area contributed by atoms with Gasteiger partial charge in [0.05, 0.1) is 36.9 Å². The van der Waals surface area contributed by atoms with Gasteiger partial charge >= 0.3 is 0 Å². The van der Waals surface area contributed by atoms with E-state index in [1.807, 2.05) is 24.3 Å². The van der Waals surface area contributed by atoms with E-state index in [0.29, 0.717) is 55.8 Å². The Bertz CT molecular complexity index is 1510. The zero-order chi connectivity index (χ0) is 30.9. The number of methoxy groups -OCH3 is 1. The van der Waals surface area contributed by atoms with Gasteiger partial charge in [0.2, 0.25) is 10.0 Å². The maximum atomic E-state index is 13.3. The fourth-order valence-electron chi connectivity index (χ4n) is 7.39. The molecular formula is C34H43ClN2O6S. The molecule has 2 heterocycles. The minimum absolute atomic E-state index is 0.0797. The highest BCUT2D eigenvalue weighted by molar-refractivity contribution is 7.90. The molecule has 1 spiro atoms. The molecule has 0 unspecified atom stereocenters. The number of ether oxygens (including phenoxy) is 3. The number of carbonyl (C=O) groups is 1. The van der Waals surface area contributed by atoms with Gasteiger partial charge in [-0.15, -0.1) is 0 Å². The Balaban J connectivity index is 1.40. The van der Waals surface area contributed by atoms with Crippen molar-refractivity contribution in [2.75, 3.05) is 44.9 Å². The summed E-state index contributed by atoms with van der Waals surface area (Å²) in [7, 11) is -2.19. The van der Waals surface area contributed by atoms with E-state index in [1.54, 1.807) is 20.1 Å². The quantitative estimate of drug-likeness (QED) is 0.339. The summed E-state index contributed by atoms with van der Waals surface area (Å²) in [5.41, 5.74) is 3.43. The van der Waals surface area contributed by atoms with Gasteiger partial charge in [0.1, 0.15) is 5.75 Å². The van der Waals surface area contributed by atoms with Gasteiger partial charge < -0.3 is 19.1 Å². The third-order valence-electron chi connectivity index (χ3n) is 10.1. The molecule has 1 saturated carbocycles. The van der Waals surface area contributed by atoms with Crippen molar-refractivity contribution in [3.8, 4) is 5.75 Å². The van der Waals surface area contributed by atoms with Gasteiger partial charge in [-0.25, -0.2) is 13.1 Å². The first kappa shape index (κ1) is 31.4. The van der Waals surface area contributed by atoms with Crippen LogP contribution in [-0.4, -0.2) is 65.7 Å². The van der Waals surface area contributed by atoms with Crippen molar-refractivity contribution >= 4 is 33.2 Å². The highest BCUT2D eigenvalue weighted by Crippen LogP contribution is 2.47. The summed E-state index contributed by atoms with van der Waals surface area (Å²) >= 11 is 6.42. The normalized spacial score (nSPS) is 30.6. The number of nitrogens with zero attached hydrogens (tertiary/aromatic N) is 1. The summed E-state index contributed by atoms with van der Waals surface area (Å²) in [6.45, 7) is 4.68. The molecule has 2 aliphatic carbocycles. The molecule has 1 fully saturated rings. The zero-order valence-corrected chi connectivity index (χ0v) is 27.2. The molecule has 44 heavy (non-hydrogen) atoms. The van der Waals surface area contributed by atoms with Crippen LogP contribution in [0.25, 0.3) is 0 Å². The Kier molecular flexibility index (Phi) is 9.30. The molecule has 2 bridgehead atoms. The Labute approximate surface area is 266 Å². The third kappa shape index (κ3) is 6.39. The number of hydrogen-bond acceptors (Lipinski definition) is 7. The number of halogens is 1. The molecule has 2 aromatic carbocycles. The number of anilines is 1. The number of sulfonamides is 1. The third-order valence-corrected chi connectivity index (χ3v) is 12.1. The van der Waals surface area contributed by atoms with Crippen LogP contribution in [0.15, 0.2) is 48.6 Å². The Hall–Kier alpha value is -2.59. The maximum Gasteiger partial charge on any atom is 0.264 e. The Morgan fingerprint density at radius 1 is 1.14 bits per heavy atom. The minimum Gasteiger partial charge on any atom is -0.490 e. The molecule has 1 N–H and O–H groups in total. The van der Waals surface area contributed by atoms with E-state index in [0.717, 1.165) is 55.9 Å². The van der Waals surface area contributed by atoms with Crippen LogP contribution in [0.4, 0.5) is 5.69 Å². The average Bonchev–Trinajstić information content (AvgIpc) is 3.13. The first-order valence-electron chi connectivity index (χ1n) is 15.8. The second kappa shape index (κ2) is 13.0. The summed E-state index contributed by atoms with van der Waals surface area (Å²) in [5, 5.41) is 0.0159. The zero-order valence-electron chi connectivity index (χ0n) is 25.6. The van der Waals surface area contributed by atoms with Crippen LogP contribution in [0.5, 0.6) is 5.75 Å². The van der Waals surface area contributed by atoms with Gasteiger partial charge in [-0.1, -0.05) is 29.8 Å². The van der Waals surface area contributed by atoms with Crippen LogP contribution in [0.3, 0.4) is 0 Å². The van der Waals surface area contributed by atoms with Gasteiger partial charge in [-0.3, -0.25) is 4.79 Å². The number of benzene rings is 2. The molecule has 8 nitrogen and oxygen atoms in total. The van der Waals surface area contributed by atoms with Gasteiger partial charge in [0.15, 0.2) is 0 Å². The van der Waals surface area contributed by atoms with Crippen molar-refractivity contribution < 1.29 is 27.4 Å². The van der Waals surface area contributed by atoms with Crippen molar-refractivity contribution in [3.05, 3.63) is 70.3 Å². The number of allylic oxidation sites excluding steroid dienone is 1. The van der Waals surface area contributed by atoms with Crippen molar-refractivity contribution in [1.82, 2.24) is 4.72 Å². The Morgan fingerprint density at radius 2 is 2.00 bits per heavy atom. The van der Waals surface area contributed by atoms with E-state index in [-0.39, 0.29) is 11.5 Å². The first-order valence-corrected chi connectivity index (χ1v) is 17.8. The van der Waals surface area contributed by atoms with E-state index in [9.17, 15) is 13.2 Å². The molecule has 10 heteroatoms. The topological polar surface area (TPSA) is 94.2 Å². The predicted molar refractivity (Wildman–Crippen MR) is 172 cm³/mol. The summed E-state index contributed by atoms with van der Waals surface area (Å²) in [5.74, 6) is 0.797. The van der Waals surface area contributed by atoms with Crippen LogP contribution in [0.2, 0.25) is 5.02 Å². The van der Waals surface area contributed by atoms with Crippen molar-refractivity contribution in [2.45, 2.75) is 68.6 Å². The van der Waals surface area contributed by atoms with Crippen molar-refractivity contribution in [1.29, 1.82) is 0 Å². The lowest BCUT2D eigenvalue weighted by atomic mass is 9.68. The molecule has 1 amide bonds. The first-order chi connectivity index (χ1) is 21.2. The lowest BCUT2D eigenvalue weighted by Gasteiger charge is -2.46. The Morgan fingerprint density at radius 3 is 2.80 bits per heavy atom. The second-order valence-electron chi connectivity index (χ2n) is 12.9. The fraction of sp³-hybridized carbons (Fsp3) is 0.559. The standard InChI is InChI=1S/C34H43ClN2O6S/c1-23-6-3-4-8-31(42-17-16-41-2)28-12-9-26(28)20-37-21-34(15-5-7-24-18-27(35)11-13-29(24)34)22-43-32-14-10-25(19-30(32)37)33(38)36-44(23,39)40/h4,8,10-11,13-14,18-19,23,26,28,31H,3,5-7,9,12,15-17,20-22H2,1-2H3,(H,36,38)/b8-4-/t23-,26+,28-,31+,34+/m1/s1. The largest absolute Gasteiger partial charge is 0.490 e. The highest BCUT2D eigenvalue weighted by Gasteiger charge is 2.44. The molecule has 0 aromatic heterocycles. The maximum absolute atomic E-state index is 13.3. The van der Waals surface area contributed by atoms with Gasteiger partial charge in [0, 0.05) is 36.2 Å². The number of aryl methyl sites for hydroxylation is 1. The van der Waals surface area contributed by atoms with E-state index < -0.39 is 21.2 Å². The second-order valence-corrected chi connectivity index (χ2v) is 15.4. The van der Waals surface area contributed by atoms with Gasteiger partial charge in [-0.05, 0) is 105 Å². The van der Waals surface area contributed by atoms with Gasteiger partial charge in [0.25, 0.3) is 5.91 Å². The molecule has 2 aliphatic heterocycles. The lowest BCUT2D eigenvalue weighted by Crippen LogP contribution is -2.49. The van der Waals surface area contributed by atoms with E-state index >= 15 is 0 Å². The lowest BCUT2D eigenvalue weighted by molar-refractivity contribution is -0.0309. The van der Waals surface area contributed by atoms with Crippen LogP contribution >= 0.6 is 11.6 Å². The van der Waals surface area contributed by atoms with Crippen LogP contribution in [0.1, 0.15) is 66.9 Å². The summed E-state index contributed by atoms with van der Waals surface area (Å²) in [6.07, 6.45) is 10.2. The van der Waals surface area contributed by atoms with Crippen molar-refractivity contribution in [2.24, 2.45) is 11.8 Å². The SMILES string of the molecule is COCCO[C@H]1/C=C\CC[C@@H](C)S(=O)(=O)NC(=O)c2ccc3c(c2)N(C[C@@H]2CC[C@H]21)C[C@@]1(CCCc2cc(Cl)ccc21)CO3. The highest BCUT2D eigenvalue weighted by atomic mass is 35.5. The summed E-state index contributed by atoms with van der Waals surface area (Å²) in [6, 6.07) is 11.5. The molecule has 5 atom stereocenters. The molecule has 4 aliphatic rings. The number of nitrogens with one attached hydrogen (secondary N) is 1. The monoisotopic (exact) mass is 642 g/mol. The summed E-state index contributed by atoms with van der Waals surface area (Å²) < 4.78 is 46.7. The number of rotatable bonds is 4. The van der Waals surface area contributed by atoms with Crippen LogP contribution in [0, 0.1) is 11.8 Å². The van der Waals surface area contributed by atoms with E-state index in [1.165, 1.54) is 11.1 Å². The van der Waals surface area contributed by atoms with Gasteiger partial charge in [-0.2, -0.15) is 0 Å².